The Kier molecular flexibility index (Phi) is 5.24. The molecule has 0 saturated heterocycles. The zero-order valence-corrected chi connectivity index (χ0v) is 12.2. The van der Waals surface area contributed by atoms with Gasteiger partial charge in [0.25, 0.3) is 5.91 Å². The summed E-state index contributed by atoms with van der Waals surface area (Å²) >= 11 is 8.12. The number of nitrogens with one attached hydrogen (secondary N) is 3. The van der Waals surface area contributed by atoms with Crippen molar-refractivity contribution in [2.24, 2.45) is 0 Å². The highest BCUT2D eigenvalue weighted by Crippen LogP contribution is 2.17. The van der Waals surface area contributed by atoms with E-state index < -0.39 is 0 Å². The summed E-state index contributed by atoms with van der Waals surface area (Å²) < 4.78 is 0.847. The van der Waals surface area contributed by atoms with Crippen molar-refractivity contribution in [1.82, 2.24) is 16.2 Å². The SMILES string of the molecule is CC(=O)NC(=S)NNC(=O)c1ccc(C)c(Br)c1. The monoisotopic (exact) mass is 329 g/mol. The van der Waals surface area contributed by atoms with Crippen molar-refractivity contribution in [3.8, 4) is 0 Å². The van der Waals surface area contributed by atoms with Gasteiger partial charge in [0.05, 0.1) is 0 Å². The first-order valence-electron chi connectivity index (χ1n) is 5.04. The Morgan fingerprint density at radius 2 is 1.94 bits per heavy atom. The first kappa shape index (κ1) is 14.6. The lowest BCUT2D eigenvalue weighted by Crippen LogP contribution is -2.47. The van der Waals surface area contributed by atoms with Gasteiger partial charge in [-0.15, -0.1) is 0 Å². The molecule has 96 valence electrons. The fourth-order valence-corrected chi connectivity index (χ4v) is 1.68. The third-order valence-corrected chi connectivity index (χ3v) is 3.07. The largest absolute Gasteiger partial charge is 0.302 e. The molecule has 0 bridgehead atoms. The molecular formula is C11H12BrN3O2S. The summed E-state index contributed by atoms with van der Waals surface area (Å²) in [4.78, 5) is 22.4. The predicted molar refractivity (Wildman–Crippen MR) is 75.9 cm³/mol. The number of carbonyl (C=O) groups excluding carboxylic acids is 2. The van der Waals surface area contributed by atoms with Crippen LogP contribution in [0.1, 0.15) is 22.8 Å². The number of rotatable bonds is 1. The molecule has 2 amide bonds. The fraction of sp³-hybridized carbons (Fsp3) is 0.182. The summed E-state index contributed by atoms with van der Waals surface area (Å²) in [5.74, 6) is -0.650. The Balaban J connectivity index is 2.58. The molecular weight excluding hydrogens is 318 g/mol. The van der Waals surface area contributed by atoms with E-state index in [1.807, 2.05) is 13.0 Å². The van der Waals surface area contributed by atoms with E-state index in [9.17, 15) is 9.59 Å². The summed E-state index contributed by atoms with van der Waals surface area (Å²) in [6.07, 6.45) is 0. The molecule has 0 radical (unpaired) electrons. The van der Waals surface area contributed by atoms with E-state index in [-0.39, 0.29) is 16.9 Å². The number of hydrogen-bond donors (Lipinski definition) is 3. The maximum Gasteiger partial charge on any atom is 0.269 e. The molecule has 3 N–H and O–H groups in total. The molecule has 5 nitrogen and oxygen atoms in total. The van der Waals surface area contributed by atoms with Crippen LogP contribution < -0.4 is 16.2 Å². The van der Waals surface area contributed by atoms with Crippen molar-refractivity contribution in [3.63, 3.8) is 0 Å². The Bertz CT molecular complexity index is 505. The topological polar surface area (TPSA) is 70.2 Å². The Labute approximate surface area is 118 Å². The highest BCUT2D eigenvalue weighted by molar-refractivity contribution is 9.10. The number of hydrogen-bond acceptors (Lipinski definition) is 3. The molecule has 0 unspecified atom stereocenters. The molecule has 0 heterocycles. The van der Waals surface area contributed by atoms with E-state index in [0.29, 0.717) is 5.56 Å². The van der Waals surface area contributed by atoms with Crippen LogP contribution in [0.5, 0.6) is 0 Å². The van der Waals surface area contributed by atoms with Crippen molar-refractivity contribution >= 4 is 45.1 Å². The van der Waals surface area contributed by atoms with Gasteiger partial charge in [0.2, 0.25) is 5.91 Å². The molecule has 0 aliphatic carbocycles. The minimum Gasteiger partial charge on any atom is -0.302 e. The Hall–Kier alpha value is -1.47. The molecule has 0 spiro atoms. The molecule has 0 aliphatic rings. The van der Waals surface area contributed by atoms with Gasteiger partial charge in [-0.1, -0.05) is 22.0 Å². The molecule has 0 aromatic heterocycles. The van der Waals surface area contributed by atoms with Crippen molar-refractivity contribution in [3.05, 3.63) is 33.8 Å². The third-order valence-electron chi connectivity index (χ3n) is 2.01. The maximum atomic E-state index is 11.7. The van der Waals surface area contributed by atoms with Gasteiger partial charge in [0.1, 0.15) is 0 Å². The van der Waals surface area contributed by atoms with Gasteiger partial charge in [0.15, 0.2) is 5.11 Å². The lowest BCUT2D eigenvalue weighted by molar-refractivity contribution is -0.117. The van der Waals surface area contributed by atoms with Gasteiger partial charge >= 0.3 is 0 Å². The molecule has 18 heavy (non-hydrogen) atoms. The van der Waals surface area contributed by atoms with E-state index in [2.05, 4.69) is 32.1 Å². The van der Waals surface area contributed by atoms with Gasteiger partial charge in [-0.3, -0.25) is 20.4 Å². The van der Waals surface area contributed by atoms with E-state index >= 15 is 0 Å². The number of amides is 2. The van der Waals surface area contributed by atoms with Gasteiger partial charge in [0, 0.05) is 17.0 Å². The lowest BCUT2D eigenvalue weighted by atomic mass is 10.1. The number of halogens is 1. The summed E-state index contributed by atoms with van der Waals surface area (Å²) in [5.41, 5.74) is 6.33. The van der Waals surface area contributed by atoms with Crippen molar-refractivity contribution in [2.75, 3.05) is 0 Å². The average molecular weight is 330 g/mol. The van der Waals surface area contributed by atoms with Crippen LogP contribution >= 0.6 is 28.1 Å². The van der Waals surface area contributed by atoms with E-state index in [1.54, 1.807) is 12.1 Å². The van der Waals surface area contributed by atoms with Crippen LogP contribution in [0.4, 0.5) is 0 Å². The minimum absolute atomic E-state index is 0.0435. The standard InChI is InChI=1S/C11H12BrN3O2S/c1-6-3-4-8(5-9(6)12)10(17)14-15-11(18)13-7(2)16/h3-5H,1-2H3,(H,14,17)(H2,13,15,16,18). The number of thiocarbonyl (C=S) groups is 1. The number of hydrazine groups is 1. The van der Waals surface area contributed by atoms with Gasteiger partial charge in [-0.25, -0.2) is 0 Å². The first-order valence-corrected chi connectivity index (χ1v) is 6.24. The summed E-state index contributed by atoms with van der Waals surface area (Å²) in [7, 11) is 0. The quantitative estimate of drug-likeness (QED) is 0.538. The normalized spacial score (nSPS) is 9.50. The van der Waals surface area contributed by atoms with Gasteiger partial charge in [-0.05, 0) is 36.8 Å². The van der Waals surface area contributed by atoms with Crippen LogP contribution in [0.2, 0.25) is 0 Å². The van der Waals surface area contributed by atoms with Crippen molar-refractivity contribution in [2.45, 2.75) is 13.8 Å². The zero-order chi connectivity index (χ0) is 13.7. The predicted octanol–water partition coefficient (Wildman–Crippen LogP) is 1.41. The van der Waals surface area contributed by atoms with Crippen molar-refractivity contribution in [1.29, 1.82) is 0 Å². The number of carbonyl (C=O) groups is 2. The second-order valence-electron chi connectivity index (χ2n) is 3.55. The summed E-state index contributed by atoms with van der Waals surface area (Å²) in [6.45, 7) is 3.25. The number of aryl methyl sites for hydroxylation is 1. The molecule has 1 aromatic carbocycles. The first-order chi connectivity index (χ1) is 8.40. The van der Waals surface area contributed by atoms with Crippen molar-refractivity contribution < 1.29 is 9.59 Å². The second kappa shape index (κ2) is 6.46. The molecule has 1 rings (SSSR count). The maximum absolute atomic E-state index is 11.7. The van der Waals surface area contributed by atoms with Crippen LogP contribution in [0, 0.1) is 6.92 Å². The van der Waals surface area contributed by atoms with Gasteiger partial charge in [-0.2, -0.15) is 0 Å². The van der Waals surface area contributed by atoms with E-state index in [4.69, 9.17) is 12.2 Å². The Morgan fingerprint density at radius 3 is 2.50 bits per heavy atom. The molecule has 0 aliphatic heterocycles. The molecule has 0 fully saturated rings. The van der Waals surface area contributed by atoms with Crippen LogP contribution in [0.15, 0.2) is 22.7 Å². The van der Waals surface area contributed by atoms with Gasteiger partial charge < -0.3 is 5.32 Å². The Morgan fingerprint density at radius 1 is 1.28 bits per heavy atom. The van der Waals surface area contributed by atoms with E-state index in [1.165, 1.54) is 6.92 Å². The smallest absolute Gasteiger partial charge is 0.269 e. The van der Waals surface area contributed by atoms with Crippen LogP contribution in [-0.2, 0) is 4.79 Å². The minimum atomic E-state index is -0.344. The fourth-order valence-electron chi connectivity index (χ4n) is 1.11. The average Bonchev–Trinajstić information content (AvgIpc) is 2.28. The molecule has 0 atom stereocenters. The van der Waals surface area contributed by atoms with Crippen LogP contribution in [0.3, 0.4) is 0 Å². The van der Waals surface area contributed by atoms with Crippen LogP contribution in [0.25, 0.3) is 0 Å². The number of benzene rings is 1. The molecule has 0 saturated carbocycles. The molecule has 7 heteroatoms. The second-order valence-corrected chi connectivity index (χ2v) is 4.82. The molecule has 1 aromatic rings. The lowest BCUT2D eigenvalue weighted by Gasteiger charge is -2.10. The summed E-state index contributed by atoms with van der Waals surface area (Å²) in [5, 5.41) is 2.37. The highest BCUT2D eigenvalue weighted by atomic mass is 79.9. The van der Waals surface area contributed by atoms with Crippen LogP contribution in [-0.4, -0.2) is 16.9 Å². The van der Waals surface area contributed by atoms with E-state index in [0.717, 1.165) is 10.0 Å². The third kappa shape index (κ3) is 4.42. The highest BCUT2D eigenvalue weighted by Gasteiger charge is 2.07. The zero-order valence-electron chi connectivity index (χ0n) is 9.83. The summed E-state index contributed by atoms with van der Waals surface area (Å²) in [6, 6.07) is 5.22.